The van der Waals surface area contributed by atoms with Gasteiger partial charge in [-0.05, 0) is 30.4 Å². The normalized spacial score (nSPS) is 13.8. The molecule has 2 nitrogen and oxygen atoms in total. The van der Waals surface area contributed by atoms with Gasteiger partial charge in [0.2, 0.25) is 0 Å². The maximum atomic E-state index is 13.0. The van der Waals surface area contributed by atoms with Crippen molar-refractivity contribution >= 4 is 0 Å². The zero-order chi connectivity index (χ0) is 12.2. The first-order chi connectivity index (χ1) is 7.44. The molecule has 0 aromatic carbocycles. The summed E-state index contributed by atoms with van der Waals surface area (Å²) in [7, 11) is 0. The van der Waals surface area contributed by atoms with E-state index in [1.165, 1.54) is 12.3 Å². The van der Waals surface area contributed by atoms with Gasteiger partial charge in [-0.3, -0.25) is 4.98 Å². The topological polar surface area (TPSA) is 24.9 Å². The van der Waals surface area contributed by atoms with E-state index in [1.54, 1.807) is 6.20 Å². The molecule has 0 bridgehead atoms. The maximum absolute atomic E-state index is 13.0. The predicted molar refractivity (Wildman–Crippen MR) is 64.7 cm³/mol. The third-order valence-electron chi connectivity index (χ3n) is 3.07. The Balaban J connectivity index is 2.56. The number of halogens is 1. The van der Waals surface area contributed by atoms with Gasteiger partial charge in [0.15, 0.2) is 0 Å². The lowest BCUT2D eigenvalue weighted by Gasteiger charge is -2.25. The summed E-state index contributed by atoms with van der Waals surface area (Å²) in [6, 6.07) is 1.66. The van der Waals surface area contributed by atoms with Gasteiger partial charge >= 0.3 is 0 Å². The van der Waals surface area contributed by atoms with Crippen molar-refractivity contribution in [2.75, 3.05) is 6.54 Å². The largest absolute Gasteiger partial charge is 0.310 e. The Morgan fingerprint density at radius 1 is 1.44 bits per heavy atom. The number of rotatable bonds is 5. The Hall–Kier alpha value is -0.960. The van der Waals surface area contributed by atoms with E-state index in [0.29, 0.717) is 0 Å². The molecule has 0 aliphatic heterocycles. The van der Waals surface area contributed by atoms with Crippen LogP contribution in [0, 0.1) is 11.2 Å². The van der Waals surface area contributed by atoms with E-state index < -0.39 is 0 Å². The molecular weight excluding hydrogens is 203 g/mol. The first kappa shape index (κ1) is 13.1. The van der Waals surface area contributed by atoms with Crippen LogP contribution < -0.4 is 5.32 Å². The SMILES string of the molecule is CCC(C)(C)CNC(C)c1cncc(F)c1. The molecule has 1 aromatic heterocycles. The molecule has 1 unspecified atom stereocenters. The summed E-state index contributed by atoms with van der Waals surface area (Å²) in [6.45, 7) is 9.56. The van der Waals surface area contributed by atoms with Crippen molar-refractivity contribution in [3.8, 4) is 0 Å². The molecule has 0 radical (unpaired) electrons. The second kappa shape index (κ2) is 5.39. The van der Waals surface area contributed by atoms with E-state index in [4.69, 9.17) is 0 Å². The molecule has 1 atom stereocenters. The molecule has 16 heavy (non-hydrogen) atoms. The van der Waals surface area contributed by atoms with Crippen LogP contribution >= 0.6 is 0 Å². The third-order valence-corrected chi connectivity index (χ3v) is 3.07. The molecule has 0 spiro atoms. The molecule has 0 amide bonds. The van der Waals surface area contributed by atoms with Crippen LogP contribution in [-0.4, -0.2) is 11.5 Å². The highest BCUT2D eigenvalue weighted by atomic mass is 19.1. The van der Waals surface area contributed by atoms with E-state index in [2.05, 4.69) is 31.1 Å². The summed E-state index contributed by atoms with van der Waals surface area (Å²) < 4.78 is 13.0. The average Bonchev–Trinajstić information content (AvgIpc) is 2.26. The molecule has 0 saturated heterocycles. The lowest BCUT2D eigenvalue weighted by Crippen LogP contribution is -2.30. The molecule has 1 N–H and O–H groups in total. The molecule has 3 heteroatoms. The van der Waals surface area contributed by atoms with Crippen LogP contribution in [0.15, 0.2) is 18.5 Å². The minimum absolute atomic E-state index is 0.133. The summed E-state index contributed by atoms with van der Waals surface area (Å²) in [4.78, 5) is 3.85. The van der Waals surface area contributed by atoms with Gasteiger partial charge in [-0.15, -0.1) is 0 Å². The van der Waals surface area contributed by atoms with Crippen molar-refractivity contribution in [3.63, 3.8) is 0 Å². The second-order valence-corrected chi connectivity index (χ2v) is 5.06. The van der Waals surface area contributed by atoms with Crippen molar-refractivity contribution in [1.82, 2.24) is 10.3 Å². The third kappa shape index (κ3) is 3.89. The molecular formula is C13H21FN2. The fourth-order valence-corrected chi connectivity index (χ4v) is 1.34. The van der Waals surface area contributed by atoms with E-state index in [0.717, 1.165) is 18.5 Å². The summed E-state index contributed by atoms with van der Waals surface area (Å²) in [5.74, 6) is -0.277. The van der Waals surface area contributed by atoms with Crippen LogP contribution in [0.3, 0.4) is 0 Å². The van der Waals surface area contributed by atoms with E-state index >= 15 is 0 Å². The smallest absolute Gasteiger partial charge is 0.141 e. The minimum atomic E-state index is -0.277. The Bertz CT molecular complexity index is 336. The maximum Gasteiger partial charge on any atom is 0.141 e. The van der Waals surface area contributed by atoms with Gasteiger partial charge in [0.1, 0.15) is 5.82 Å². The van der Waals surface area contributed by atoms with Crippen molar-refractivity contribution in [3.05, 3.63) is 29.8 Å². The highest BCUT2D eigenvalue weighted by Gasteiger charge is 2.16. The van der Waals surface area contributed by atoms with Crippen LogP contribution in [0.1, 0.15) is 45.7 Å². The van der Waals surface area contributed by atoms with Gasteiger partial charge in [0.05, 0.1) is 6.20 Å². The van der Waals surface area contributed by atoms with Gasteiger partial charge in [-0.1, -0.05) is 20.8 Å². The molecule has 0 fully saturated rings. The van der Waals surface area contributed by atoms with Gasteiger partial charge in [0.25, 0.3) is 0 Å². The standard InChI is InChI=1S/C13H21FN2/c1-5-13(3,4)9-16-10(2)11-6-12(14)8-15-7-11/h6-8,10,16H,5,9H2,1-4H3. The first-order valence-corrected chi connectivity index (χ1v) is 5.78. The van der Waals surface area contributed by atoms with Crippen LogP contribution in [-0.2, 0) is 0 Å². The highest BCUT2D eigenvalue weighted by Crippen LogP contribution is 2.20. The Morgan fingerprint density at radius 2 is 2.12 bits per heavy atom. The quantitative estimate of drug-likeness (QED) is 0.830. The summed E-state index contributed by atoms with van der Waals surface area (Å²) in [5, 5.41) is 3.41. The monoisotopic (exact) mass is 224 g/mol. The molecule has 1 rings (SSSR count). The fraction of sp³-hybridized carbons (Fsp3) is 0.615. The first-order valence-electron chi connectivity index (χ1n) is 5.78. The molecule has 90 valence electrons. The number of nitrogens with zero attached hydrogens (tertiary/aromatic N) is 1. The molecule has 1 heterocycles. The molecule has 0 saturated carbocycles. The van der Waals surface area contributed by atoms with E-state index in [-0.39, 0.29) is 17.3 Å². The van der Waals surface area contributed by atoms with Crippen LogP contribution in [0.2, 0.25) is 0 Å². The lowest BCUT2D eigenvalue weighted by molar-refractivity contribution is 0.313. The number of nitrogens with one attached hydrogen (secondary N) is 1. The van der Waals surface area contributed by atoms with Crippen molar-refractivity contribution < 1.29 is 4.39 Å². The van der Waals surface area contributed by atoms with Crippen LogP contribution in [0.4, 0.5) is 4.39 Å². The summed E-state index contributed by atoms with van der Waals surface area (Å²) >= 11 is 0. The molecule has 0 aliphatic carbocycles. The highest BCUT2D eigenvalue weighted by molar-refractivity contribution is 5.14. The number of hydrogen-bond donors (Lipinski definition) is 1. The van der Waals surface area contributed by atoms with E-state index in [1.807, 2.05) is 6.92 Å². The zero-order valence-electron chi connectivity index (χ0n) is 10.5. The lowest BCUT2D eigenvalue weighted by atomic mass is 9.90. The van der Waals surface area contributed by atoms with Gasteiger partial charge < -0.3 is 5.32 Å². The van der Waals surface area contributed by atoms with Gasteiger partial charge in [-0.25, -0.2) is 4.39 Å². The average molecular weight is 224 g/mol. The molecule has 1 aromatic rings. The summed E-state index contributed by atoms with van der Waals surface area (Å²) in [5.41, 5.74) is 1.17. The van der Waals surface area contributed by atoms with Crippen LogP contribution in [0.25, 0.3) is 0 Å². The molecule has 0 aliphatic rings. The Kier molecular flexibility index (Phi) is 4.42. The van der Waals surface area contributed by atoms with Gasteiger partial charge in [-0.2, -0.15) is 0 Å². The predicted octanol–water partition coefficient (Wildman–Crippen LogP) is 3.31. The van der Waals surface area contributed by atoms with Crippen LogP contribution in [0.5, 0.6) is 0 Å². The van der Waals surface area contributed by atoms with E-state index in [9.17, 15) is 4.39 Å². The number of pyridine rings is 1. The number of hydrogen-bond acceptors (Lipinski definition) is 2. The van der Waals surface area contributed by atoms with Gasteiger partial charge in [0, 0.05) is 18.8 Å². The van der Waals surface area contributed by atoms with Crippen molar-refractivity contribution in [1.29, 1.82) is 0 Å². The Morgan fingerprint density at radius 3 is 2.69 bits per heavy atom. The number of aromatic nitrogens is 1. The Labute approximate surface area is 97.3 Å². The van der Waals surface area contributed by atoms with Crippen molar-refractivity contribution in [2.45, 2.75) is 40.2 Å². The second-order valence-electron chi connectivity index (χ2n) is 5.06. The minimum Gasteiger partial charge on any atom is -0.310 e. The summed E-state index contributed by atoms with van der Waals surface area (Å²) in [6.07, 6.45) is 4.06. The fourth-order valence-electron chi connectivity index (χ4n) is 1.34. The zero-order valence-corrected chi connectivity index (χ0v) is 10.5. The van der Waals surface area contributed by atoms with Crippen molar-refractivity contribution in [2.24, 2.45) is 5.41 Å².